The molecule has 2 rings (SSSR count). The standard InChI is InChI=1S/C12H12F3NO2/c1-2-12(14,15)8-4-3-7(10(17)18)9(16-8)11(13)5-6-11/h3-4H,2,5-6H2,1H3,(H,17,18). The van der Waals surface area contributed by atoms with Gasteiger partial charge in [-0.3, -0.25) is 0 Å². The van der Waals surface area contributed by atoms with Gasteiger partial charge in [0.05, 0.1) is 11.3 Å². The maximum atomic E-state index is 14.0. The number of aromatic carboxylic acids is 1. The van der Waals surface area contributed by atoms with Gasteiger partial charge in [0, 0.05) is 6.42 Å². The summed E-state index contributed by atoms with van der Waals surface area (Å²) < 4.78 is 40.9. The highest BCUT2D eigenvalue weighted by atomic mass is 19.3. The summed E-state index contributed by atoms with van der Waals surface area (Å²) in [5.74, 6) is -4.52. The SMILES string of the molecule is CCC(F)(F)c1ccc(C(=O)O)c(C2(F)CC2)n1. The molecule has 0 amide bonds. The maximum absolute atomic E-state index is 14.0. The molecule has 0 radical (unpaired) electrons. The van der Waals surface area contributed by atoms with Crippen molar-refractivity contribution in [3.63, 3.8) is 0 Å². The van der Waals surface area contributed by atoms with E-state index >= 15 is 0 Å². The van der Waals surface area contributed by atoms with E-state index in [-0.39, 0.29) is 24.1 Å². The summed E-state index contributed by atoms with van der Waals surface area (Å²) in [4.78, 5) is 14.5. The predicted molar refractivity (Wildman–Crippen MR) is 57.4 cm³/mol. The summed E-state index contributed by atoms with van der Waals surface area (Å²) in [6, 6.07) is 1.95. The first-order chi connectivity index (χ1) is 8.30. The van der Waals surface area contributed by atoms with Crippen molar-refractivity contribution in [2.45, 2.75) is 37.8 Å². The smallest absolute Gasteiger partial charge is 0.337 e. The lowest BCUT2D eigenvalue weighted by Crippen LogP contribution is -2.19. The van der Waals surface area contributed by atoms with Gasteiger partial charge in [-0.15, -0.1) is 0 Å². The molecule has 1 saturated carbocycles. The van der Waals surface area contributed by atoms with Crippen LogP contribution >= 0.6 is 0 Å². The van der Waals surface area contributed by atoms with Crippen LogP contribution in [0.1, 0.15) is 47.9 Å². The Labute approximate surface area is 102 Å². The highest BCUT2D eigenvalue weighted by Crippen LogP contribution is 2.50. The third-order valence-corrected chi connectivity index (χ3v) is 3.06. The summed E-state index contributed by atoms with van der Waals surface area (Å²) in [7, 11) is 0. The first-order valence-corrected chi connectivity index (χ1v) is 5.62. The van der Waals surface area contributed by atoms with Gasteiger partial charge in [0.25, 0.3) is 5.92 Å². The largest absolute Gasteiger partial charge is 0.478 e. The van der Waals surface area contributed by atoms with Crippen molar-refractivity contribution in [3.8, 4) is 0 Å². The zero-order valence-corrected chi connectivity index (χ0v) is 9.71. The molecule has 6 heteroatoms. The van der Waals surface area contributed by atoms with Crippen LogP contribution in [0.4, 0.5) is 13.2 Å². The van der Waals surface area contributed by atoms with Crippen LogP contribution in [0.15, 0.2) is 12.1 Å². The Bertz CT molecular complexity index is 498. The number of alkyl halides is 3. The molecule has 1 fully saturated rings. The van der Waals surface area contributed by atoms with Crippen LogP contribution in [0.5, 0.6) is 0 Å². The van der Waals surface area contributed by atoms with Crippen LogP contribution in [0, 0.1) is 0 Å². The van der Waals surface area contributed by atoms with Crippen molar-refractivity contribution in [1.82, 2.24) is 4.98 Å². The number of hydrogen-bond donors (Lipinski definition) is 1. The van der Waals surface area contributed by atoms with Crippen LogP contribution in [0.2, 0.25) is 0 Å². The quantitative estimate of drug-likeness (QED) is 0.903. The van der Waals surface area contributed by atoms with Crippen molar-refractivity contribution in [2.75, 3.05) is 0 Å². The summed E-state index contributed by atoms with van der Waals surface area (Å²) in [6.45, 7) is 1.29. The third-order valence-electron chi connectivity index (χ3n) is 3.06. The fourth-order valence-corrected chi connectivity index (χ4v) is 1.70. The van der Waals surface area contributed by atoms with Crippen LogP contribution in [-0.4, -0.2) is 16.1 Å². The Morgan fingerprint density at radius 1 is 1.50 bits per heavy atom. The molecule has 18 heavy (non-hydrogen) atoms. The Hall–Kier alpha value is -1.59. The fraction of sp³-hybridized carbons (Fsp3) is 0.500. The van der Waals surface area contributed by atoms with E-state index in [1.807, 2.05) is 0 Å². The molecule has 1 N–H and O–H groups in total. The normalized spacial score (nSPS) is 17.6. The zero-order valence-electron chi connectivity index (χ0n) is 9.71. The van der Waals surface area contributed by atoms with Gasteiger partial charge in [0.15, 0.2) is 5.67 Å². The van der Waals surface area contributed by atoms with Crippen LogP contribution < -0.4 is 0 Å². The second-order valence-electron chi connectivity index (χ2n) is 4.42. The van der Waals surface area contributed by atoms with Gasteiger partial charge in [-0.1, -0.05) is 6.92 Å². The van der Waals surface area contributed by atoms with Gasteiger partial charge >= 0.3 is 5.97 Å². The maximum Gasteiger partial charge on any atom is 0.337 e. The lowest BCUT2D eigenvalue weighted by atomic mass is 10.1. The summed E-state index contributed by atoms with van der Waals surface area (Å²) in [5.41, 5.74) is -3.15. The molecule has 0 aliphatic heterocycles. The molecule has 0 saturated heterocycles. The molecule has 1 aliphatic rings. The number of pyridine rings is 1. The Balaban J connectivity index is 2.53. The Morgan fingerprint density at radius 2 is 2.11 bits per heavy atom. The second kappa shape index (κ2) is 3.96. The first kappa shape index (κ1) is 12.9. The lowest BCUT2D eigenvalue weighted by Gasteiger charge is -2.16. The fourth-order valence-electron chi connectivity index (χ4n) is 1.70. The van der Waals surface area contributed by atoms with Crippen LogP contribution in [0.25, 0.3) is 0 Å². The minimum atomic E-state index is -3.17. The minimum Gasteiger partial charge on any atom is -0.478 e. The van der Waals surface area contributed by atoms with Gasteiger partial charge in [0.2, 0.25) is 0 Å². The van der Waals surface area contributed by atoms with E-state index in [1.165, 1.54) is 6.92 Å². The third kappa shape index (κ3) is 2.07. The van der Waals surface area contributed by atoms with Crippen molar-refractivity contribution in [1.29, 1.82) is 0 Å². The highest BCUT2D eigenvalue weighted by molar-refractivity contribution is 5.89. The number of nitrogens with zero attached hydrogens (tertiary/aromatic N) is 1. The molecule has 1 aliphatic carbocycles. The van der Waals surface area contributed by atoms with Crippen LogP contribution in [0.3, 0.4) is 0 Å². The van der Waals surface area contributed by atoms with E-state index in [2.05, 4.69) is 4.98 Å². The number of carboxylic acids is 1. The molecular weight excluding hydrogens is 247 g/mol. The van der Waals surface area contributed by atoms with Gasteiger partial charge in [0.1, 0.15) is 5.69 Å². The Morgan fingerprint density at radius 3 is 2.56 bits per heavy atom. The lowest BCUT2D eigenvalue weighted by molar-refractivity contribution is -0.0133. The number of halogens is 3. The average molecular weight is 259 g/mol. The molecule has 3 nitrogen and oxygen atoms in total. The van der Waals surface area contributed by atoms with Crippen molar-refractivity contribution < 1.29 is 23.1 Å². The molecule has 0 unspecified atom stereocenters. The number of carboxylic acid groups (broad SMARTS) is 1. The van der Waals surface area contributed by atoms with Gasteiger partial charge in [-0.2, -0.15) is 8.78 Å². The number of rotatable bonds is 4. The molecule has 0 spiro atoms. The number of aromatic nitrogens is 1. The van der Waals surface area contributed by atoms with Gasteiger partial charge in [-0.05, 0) is 25.0 Å². The predicted octanol–water partition coefficient (Wildman–Crippen LogP) is 3.24. The minimum absolute atomic E-state index is 0.126. The zero-order chi connectivity index (χ0) is 13.6. The molecule has 1 aromatic rings. The van der Waals surface area contributed by atoms with E-state index in [4.69, 9.17) is 5.11 Å². The average Bonchev–Trinajstić information content (AvgIpc) is 3.07. The van der Waals surface area contributed by atoms with Crippen molar-refractivity contribution >= 4 is 5.97 Å². The molecule has 0 aromatic carbocycles. The van der Waals surface area contributed by atoms with Crippen molar-refractivity contribution in [3.05, 3.63) is 29.1 Å². The first-order valence-electron chi connectivity index (χ1n) is 5.62. The monoisotopic (exact) mass is 259 g/mol. The molecule has 98 valence electrons. The van der Waals surface area contributed by atoms with Gasteiger partial charge in [-0.25, -0.2) is 14.2 Å². The topological polar surface area (TPSA) is 50.2 Å². The van der Waals surface area contributed by atoms with E-state index in [9.17, 15) is 18.0 Å². The molecule has 1 heterocycles. The summed E-state index contributed by atoms with van der Waals surface area (Å²) in [5, 5.41) is 8.91. The number of hydrogen-bond acceptors (Lipinski definition) is 2. The van der Waals surface area contributed by atoms with Gasteiger partial charge < -0.3 is 5.11 Å². The van der Waals surface area contributed by atoms with Crippen molar-refractivity contribution in [2.24, 2.45) is 0 Å². The summed E-state index contributed by atoms with van der Waals surface area (Å²) >= 11 is 0. The van der Waals surface area contributed by atoms with E-state index in [0.717, 1.165) is 12.1 Å². The molecule has 1 aromatic heterocycles. The highest BCUT2D eigenvalue weighted by Gasteiger charge is 2.49. The summed E-state index contributed by atoms with van der Waals surface area (Å²) in [6.07, 6.45) is -0.214. The van der Waals surface area contributed by atoms with E-state index in [0.29, 0.717) is 0 Å². The molecule has 0 bridgehead atoms. The molecular formula is C12H12F3NO2. The van der Waals surface area contributed by atoms with E-state index < -0.39 is 29.7 Å². The Kier molecular flexibility index (Phi) is 2.83. The second-order valence-corrected chi connectivity index (χ2v) is 4.42. The number of carbonyl (C=O) groups is 1. The molecule has 0 atom stereocenters. The van der Waals surface area contributed by atoms with E-state index in [1.54, 1.807) is 0 Å². The van der Waals surface area contributed by atoms with Crippen LogP contribution in [-0.2, 0) is 11.6 Å².